The standard InChI is InChI=1S/C19H31N3O3/c1-15(2)25-18-10-6-5-9-17(18)20-19(23)22(12-11-21(3)4)14-16-8-7-13-24-16/h5-6,9-10,15-16H,7-8,11-14H2,1-4H3,(H,20,23)/t16-/m0/s1. The highest BCUT2D eigenvalue weighted by Crippen LogP contribution is 2.25. The van der Waals surface area contributed by atoms with E-state index in [4.69, 9.17) is 9.47 Å². The zero-order valence-electron chi connectivity index (χ0n) is 15.8. The molecular weight excluding hydrogens is 318 g/mol. The summed E-state index contributed by atoms with van der Waals surface area (Å²) in [6.07, 6.45) is 2.27. The molecule has 1 fully saturated rings. The predicted octanol–water partition coefficient (Wildman–Crippen LogP) is 3.05. The molecule has 2 rings (SSSR count). The second-order valence-electron chi connectivity index (χ2n) is 6.98. The van der Waals surface area contributed by atoms with Crippen LogP contribution in [-0.2, 0) is 4.74 Å². The van der Waals surface area contributed by atoms with Crippen LogP contribution in [0.25, 0.3) is 0 Å². The molecule has 25 heavy (non-hydrogen) atoms. The SMILES string of the molecule is CC(C)Oc1ccccc1NC(=O)N(CCN(C)C)C[C@@H]1CCCO1. The maximum atomic E-state index is 12.8. The van der Waals surface area contributed by atoms with Gasteiger partial charge < -0.3 is 24.6 Å². The van der Waals surface area contributed by atoms with Gasteiger partial charge in [-0.3, -0.25) is 0 Å². The Morgan fingerprint density at radius 2 is 2.08 bits per heavy atom. The highest BCUT2D eigenvalue weighted by atomic mass is 16.5. The molecule has 1 aromatic rings. The average molecular weight is 349 g/mol. The number of anilines is 1. The maximum absolute atomic E-state index is 12.8. The first-order valence-electron chi connectivity index (χ1n) is 9.03. The van der Waals surface area contributed by atoms with Gasteiger partial charge in [0.05, 0.1) is 17.9 Å². The zero-order chi connectivity index (χ0) is 18.2. The van der Waals surface area contributed by atoms with Gasteiger partial charge in [-0.15, -0.1) is 0 Å². The molecule has 1 N–H and O–H groups in total. The Morgan fingerprint density at radius 3 is 2.72 bits per heavy atom. The molecule has 6 heteroatoms. The quantitative estimate of drug-likeness (QED) is 0.784. The Labute approximate surface area is 151 Å². The van der Waals surface area contributed by atoms with Crippen molar-refractivity contribution in [3.63, 3.8) is 0 Å². The third kappa shape index (κ3) is 6.55. The number of ether oxygens (including phenoxy) is 2. The van der Waals surface area contributed by atoms with E-state index in [1.165, 1.54) is 0 Å². The summed E-state index contributed by atoms with van der Waals surface area (Å²) in [5, 5.41) is 3.00. The number of nitrogens with one attached hydrogen (secondary N) is 1. The van der Waals surface area contributed by atoms with E-state index in [0.717, 1.165) is 26.0 Å². The molecule has 1 heterocycles. The highest BCUT2D eigenvalue weighted by molar-refractivity contribution is 5.91. The number of carbonyl (C=O) groups excluding carboxylic acids is 1. The molecule has 6 nitrogen and oxygen atoms in total. The summed E-state index contributed by atoms with van der Waals surface area (Å²) in [5.74, 6) is 0.690. The highest BCUT2D eigenvalue weighted by Gasteiger charge is 2.23. The van der Waals surface area contributed by atoms with Gasteiger partial charge in [0.1, 0.15) is 5.75 Å². The lowest BCUT2D eigenvalue weighted by atomic mass is 10.2. The van der Waals surface area contributed by atoms with Crippen molar-refractivity contribution >= 4 is 11.7 Å². The van der Waals surface area contributed by atoms with Crippen LogP contribution in [0.1, 0.15) is 26.7 Å². The van der Waals surface area contributed by atoms with Crippen molar-refractivity contribution in [1.29, 1.82) is 0 Å². The minimum atomic E-state index is -0.114. The van der Waals surface area contributed by atoms with Gasteiger partial charge in [-0.1, -0.05) is 12.1 Å². The van der Waals surface area contributed by atoms with Crippen LogP contribution < -0.4 is 10.1 Å². The molecule has 1 aliphatic rings. The monoisotopic (exact) mass is 349 g/mol. The fraction of sp³-hybridized carbons (Fsp3) is 0.632. The maximum Gasteiger partial charge on any atom is 0.322 e. The molecule has 140 valence electrons. The smallest absolute Gasteiger partial charge is 0.322 e. The fourth-order valence-corrected chi connectivity index (χ4v) is 2.75. The Balaban J connectivity index is 2.04. The lowest BCUT2D eigenvalue weighted by Gasteiger charge is -2.27. The molecule has 0 radical (unpaired) electrons. The van der Waals surface area contributed by atoms with Gasteiger partial charge in [0.2, 0.25) is 0 Å². The van der Waals surface area contributed by atoms with Crippen LogP contribution in [-0.4, -0.2) is 68.4 Å². The van der Waals surface area contributed by atoms with Crippen molar-refractivity contribution in [2.24, 2.45) is 0 Å². The summed E-state index contributed by atoms with van der Waals surface area (Å²) in [6, 6.07) is 7.43. The molecule has 1 aromatic carbocycles. The summed E-state index contributed by atoms with van der Waals surface area (Å²) in [6.45, 7) is 6.82. The van der Waals surface area contributed by atoms with Gasteiger partial charge in [-0.2, -0.15) is 0 Å². The molecule has 1 saturated heterocycles. The van der Waals surface area contributed by atoms with Crippen LogP contribution in [0.4, 0.5) is 10.5 Å². The van der Waals surface area contributed by atoms with Crippen LogP contribution in [0, 0.1) is 0 Å². The van der Waals surface area contributed by atoms with Gasteiger partial charge in [0, 0.05) is 26.2 Å². The number of hydrogen-bond donors (Lipinski definition) is 1. The van der Waals surface area contributed by atoms with Crippen LogP contribution >= 0.6 is 0 Å². The van der Waals surface area contributed by atoms with Gasteiger partial charge in [0.25, 0.3) is 0 Å². The summed E-state index contributed by atoms with van der Waals surface area (Å²) < 4.78 is 11.5. The fourth-order valence-electron chi connectivity index (χ4n) is 2.75. The van der Waals surface area contributed by atoms with Gasteiger partial charge in [-0.05, 0) is 52.9 Å². The molecule has 1 atom stereocenters. The van der Waals surface area contributed by atoms with E-state index in [1.807, 2.05) is 57.1 Å². The van der Waals surface area contributed by atoms with Crippen molar-refractivity contribution in [1.82, 2.24) is 9.80 Å². The molecule has 0 saturated carbocycles. The van der Waals surface area contributed by atoms with Crippen LogP contribution in [0.5, 0.6) is 5.75 Å². The van der Waals surface area contributed by atoms with Crippen LogP contribution in [0.3, 0.4) is 0 Å². The second kappa shape index (κ2) is 9.63. The summed E-state index contributed by atoms with van der Waals surface area (Å²) in [7, 11) is 4.02. The molecular formula is C19H31N3O3. The molecule has 0 unspecified atom stereocenters. The number of nitrogens with zero attached hydrogens (tertiary/aromatic N) is 2. The topological polar surface area (TPSA) is 54.0 Å². The van der Waals surface area contributed by atoms with E-state index in [9.17, 15) is 4.79 Å². The first-order valence-corrected chi connectivity index (χ1v) is 9.03. The van der Waals surface area contributed by atoms with Gasteiger partial charge >= 0.3 is 6.03 Å². The number of amides is 2. The zero-order valence-corrected chi connectivity index (χ0v) is 15.8. The summed E-state index contributed by atoms with van der Waals surface area (Å²) in [4.78, 5) is 16.7. The van der Waals surface area contributed by atoms with Gasteiger partial charge in [-0.25, -0.2) is 4.79 Å². The molecule has 2 amide bonds. The summed E-state index contributed by atoms with van der Waals surface area (Å²) in [5.41, 5.74) is 0.698. The predicted molar refractivity (Wildman–Crippen MR) is 100 cm³/mol. The average Bonchev–Trinajstić information content (AvgIpc) is 3.05. The summed E-state index contributed by atoms with van der Waals surface area (Å²) >= 11 is 0. The number of urea groups is 1. The molecule has 0 spiro atoms. The number of carbonyl (C=O) groups is 1. The van der Waals surface area contributed by atoms with Crippen LogP contribution in [0.2, 0.25) is 0 Å². The number of likely N-dealkylation sites (N-methyl/N-ethyl adjacent to an activating group) is 1. The van der Waals surface area contributed by atoms with E-state index in [0.29, 0.717) is 24.5 Å². The van der Waals surface area contributed by atoms with E-state index in [2.05, 4.69) is 10.2 Å². The number of hydrogen-bond acceptors (Lipinski definition) is 4. The van der Waals surface area contributed by atoms with Gasteiger partial charge in [0.15, 0.2) is 0 Å². The van der Waals surface area contributed by atoms with Crippen molar-refractivity contribution in [2.45, 2.75) is 38.9 Å². The van der Waals surface area contributed by atoms with E-state index < -0.39 is 0 Å². The largest absolute Gasteiger partial charge is 0.489 e. The molecule has 0 aromatic heterocycles. The Morgan fingerprint density at radius 1 is 1.32 bits per heavy atom. The first kappa shape index (κ1) is 19.5. The third-order valence-electron chi connectivity index (χ3n) is 4.04. The number of benzene rings is 1. The van der Waals surface area contributed by atoms with Crippen molar-refractivity contribution in [3.05, 3.63) is 24.3 Å². The Kier molecular flexibility index (Phi) is 7.52. The molecule has 0 aliphatic carbocycles. The normalized spacial score (nSPS) is 17.1. The second-order valence-corrected chi connectivity index (χ2v) is 6.98. The number of rotatable bonds is 8. The Hall–Kier alpha value is -1.79. The lowest BCUT2D eigenvalue weighted by molar-refractivity contribution is 0.0820. The van der Waals surface area contributed by atoms with Crippen molar-refractivity contribution in [2.75, 3.05) is 45.7 Å². The van der Waals surface area contributed by atoms with E-state index in [-0.39, 0.29) is 18.2 Å². The van der Waals surface area contributed by atoms with Crippen molar-refractivity contribution in [3.8, 4) is 5.75 Å². The van der Waals surface area contributed by atoms with E-state index >= 15 is 0 Å². The minimum Gasteiger partial charge on any atom is -0.489 e. The third-order valence-corrected chi connectivity index (χ3v) is 4.04. The molecule has 1 aliphatic heterocycles. The lowest BCUT2D eigenvalue weighted by Crippen LogP contribution is -2.43. The number of para-hydroxylation sites is 2. The van der Waals surface area contributed by atoms with E-state index in [1.54, 1.807) is 0 Å². The Bertz CT molecular complexity index is 542. The van der Waals surface area contributed by atoms with Crippen molar-refractivity contribution < 1.29 is 14.3 Å². The first-order chi connectivity index (χ1) is 12.0. The minimum absolute atomic E-state index is 0.0507. The van der Waals surface area contributed by atoms with Crippen LogP contribution in [0.15, 0.2) is 24.3 Å². The molecule has 0 bridgehead atoms.